The zero-order chi connectivity index (χ0) is 14.6. The molecule has 0 aliphatic carbocycles. The number of rotatable bonds is 5. The summed E-state index contributed by atoms with van der Waals surface area (Å²) in [6.07, 6.45) is 2.66. The lowest BCUT2D eigenvalue weighted by Crippen LogP contribution is -2.41. The highest BCUT2D eigenvalue weighted by Crippen LogP contribution is 2.20. The molecule has 0 saturated carbocycles. The second-order valence-corrected chi connectivity index (χ2v) is 7.09. The van der Waals surface area contributed by atoms with Gasteiger partial charge in [-0.25, -0.2) is 0 Å². The van der Waals surface area contributed by atoms with Crippen LogP contribution in [0.3, 0.4) is 0 Å². The SMILES string of the molecule is CC1CCN(S(=O)(=O)Nc2ccc(CCN)cc2)CC1. The predicted molar refractivity (Wildman–Crippen MR) is 81.7 cm³/mol. The summed E-state index contributed by atoms with van der Waals surface area (Å²) < 4.78 is 28.7. The Morgan fingerprint density at radius 2 is 1.85 bits per heavy atom. The molecule has 5 nitrogen and oxygen atoms in total. The van der Waals surface area contributed by atoms with E-state index in [1.807, 2.05) is 12.1 Å². The van der Waals surface area contributed by atoms with Crippen molar-refractivity contribution in [2.45, 2.75) is 26.2 Å². The highest BCUT2D eigenvalue weighted by atomic mass is 32.2. The lowest BCUT2D eigenvalue weighted by molar-refractivity contribution is 0.289. The normalized spacial score (nSPS) is 18.1. The third kappa shape index (κ3) is 3.94. The average molecular weight is 297 g/mol. The smallest absolute Gasteiger partial charge is 0.301 e. The molecule has 0 aromatic heterocycles. The van der Waals surface area contributed by atoms with Gasteiger partial charge in [0.25, 0.3) is 0 Å². The largest absolute Gasteiger partial charge is 0.330 e. The number of hydrogen-bond acceptors (Lipinski definition) is 3. The fourth-order valence-corrected chi connectivity index (χ4v) is 3.60. The Labute approximate surface area is 121 Å². The zero-order valence-corrected chi connectivity index (χ0v) is 12.7. The number of piperidine rings is 1. The molecule has 1 aliphatic heterocycles. The molecule has 1 aromatic carbocycles. The molecule has 1 fully saturated rings. The van der Waals surface area contributed by atoms with Gasteiger partial charge in [0.2, 0.25) is 0 Å². The highest BCUT2D eigenvalue weighted by Gasteiger charge is 2.26. The van der Waals surface area contributed by atoms with Gasteiger partial charge in [0.05, 0.1) is 0 Å². The second-order valence-electron chi connectivity index (χ2n) is 5.42. The van der Waals surface area contributed by atoms with E-state index >= 15 is 0 Å². The molecule has 0 unspecified atom stereocenters. The number of nitrogens with one attached hydrogen (secondary N) is 1. The summed E-state index contributed by atoms with van der Waals surface area (Å²) in [5.41, 5.74) is 7.21. The van der Waals surface area contributed by atoms with Crippen molar-refractivity contribution in [3.05, 3.63) is 29.8 Å². The zero-order valence-electron chi connectivity index (χ0n) is 11.9. The van der Waals surface area contributed by atoms with Gasteiger partial charge in [-0.1, -0.05) is 19.1 Å². The Balaban J connectivity index is 2.00. The maximum absolute atomic E-state index is 12.3. The first-order chi connectivity index (χ1) is 9.51. The fourth-order valence-electron chi connectivity index (χ4n) is 2.34. The minimum absolute atomic E-state index is 0.594. The molecule has 1 heterocycles. The molecule has 3 N–H and O–H groups in total. The van der Waals surface area contributed by atoms with E-state index in [1.165, 1.54) is 4.31 Å². The molecule has 0 amide bonds. The molecular formula is C14H23N3O2S. The fraction of sp³-hybridized carbons (Fsp3) is 0.571. The minimum Gasteiger partial charge on any atom is -0.330 e. The summed E-state index contributed by atoms with van der Waals surface area (Å²) in [7, 11) is -3.43. The van der Waals surface area contributed by atoms with Gasteiger partial charge in [-0.3, -0.25) is 4.72 Å². The van der Waals surface area contributed by atoms with Crippen molar-refractivity contribution in [3.63, 3.8) is 0 Å². The summed E-state index contributed by atoms with van der Waals surface area (Å²) in [5.74, 6) is 0.608. The van der Waals surface area contributed by atoms with Gasteiger partial charge < -0.3 is 5.73 Å². The highest BCUT2D eigenvalue weighted by molar-refractivity contribution is 7.90. The van der Waals surface area contributed by atoms with E-state index in [9.17, 15) is 8.42 Å². The van der Waals surface area contributed by atoms with Gasteiger partial charge in [0.15, 0.2) is 0 Å². The molecule has 0 radical (unpaired) electrons. The van der Waals surface area contributed by atoms with Crippen LogP contribution in [-0.4, -0.2) is 32.4 Å². The van der Waals surface area contributed by atoms with E-state index in [0.717, 1.165) is 24.8 Å². The van der Waals surface area contributed by atoms with Crippen LogP contribution in [0.15, 0.2) is 24.3 Å². The predicted octanol–water partition coefficient (Wildman–Crippen LogP) is 1.58. The van der Waals surface area contributed by atoms with Crippen molar-refractivity contribution < 1.29 is 8.42 Å². The lowest BCUT2D eigenvalue weighted by atomic mass is 10.0. The molecular weight excluding hydrogens is 274 g/mol. The van der Waals surface area contributed by atoms with Crippen molar-refractivity contribution in [2.75, 3.05) is 24.4 Å². The first-order valence-corrected chi connectivity index (χ1v) is 8.52. The standard InChI is InChI=1S/C14H23N3O2S/c1-12-7-10-17(11-8-12)20(18,19)16-14-4-2-13(3-5-14)6-9-15/h2-5,12,16H,6-11,15H2,1H3. The van der Waals surface area contributed by atoms with Crippen LogP contribution < -0.4 is 10.5 Å². The summed E-state index contributed by atoms with van der Waals surface area (Å²) in [5, 5.41) is 0. The van der Waals surface area contributed by atoms with E-state index in [2.05, 4.69) is 11.6 Å². The summed E-state index contributed by atoms with van der Waals surface area (Å²) in [6, 6.07) is 7.39. The van der Waals surface area contributed by atoms with Crippen LogP contribution in [0.5, 0.6) is 0 Å². The Morgan fingerprint density at radius 3 is 2.40 bits per heavy atom. The van der Waals surface area contributed by atoms with Gasteiger partial charge in [-0.05, 0) is 49.4 Å². The molecule has 1 saturated heterocycles. The van der Waals surface area contributed by atoms with E-state index in [-0.39, 0.29) is 0 Å². The van der Waals surface area contributed by atoms with E-state index in [0.29, 0.717) is 31.2 Å². The number of benzene rings is 1. The monoisotopic (exact) mass is 297 g/mol. The van der Waals surface area contributed by atoms with Gasteiger partial charge in [0, 0.05) is 18.8 Å². The van der Waals surface area contributed by atoms with Gasteiger partial charge >= 0.3 is 10.2 Å². The van der Waals surface area contributed by atoms with Crippen molar-refractivity contribution in [3.8, 4) is 0 Å². The molecule has 1 aromatic rings. The van der Waals surface area contributed by atoms with Gasteiger partial charge in [0.1, 0.15) is 0 Å². The van der Waals surface area contributed by atoms with Gasteiger partial charge in [-0.15, -0.1) is 0 Å². The van der Waals surface area contributed by atoms with Crippen molar-refractivity contribution >= 4 is 15.9 Å². The number of nitrogens with zero attached hydrogens (tertiary/aromatic N) is 1. The maximum Gasteiger partial charge on any atom is 0.301 e. The van der Waals surface area contributed by atoms with Crippen LogP contribution >= 0.6 is 0 Å². The minimum atomic E-state index is -3.43. The first-order valence-electron chi connectivity index (χ1n) is 7.08. The summed E-state index contributed by atoms with van der Waals surface area (Å²) in [4.78, 5) is 0. The van der Waals surface area contributed by atoms with Crippen LogP contribution in [0.25, 0.3) is 0 Å². The summed E-state index contributed by atoms with van der Waals surface area (Å²) in [6.45, 7) is 3.95. The molecule has 0 spiro atoms. The molecule has 0 atom stereocenters. The molecule has 20 heavy (non-hydrogen) atoms. The number of hydrogen-bond donors (Lipinski definition) is 2. The molecule has 0 bridgehead atoms. The van der Waals surface area contributed by atoms with Crippen LogP contribution in [0, 0.1) is 5.92 Å². The van der Waals surface area contributed by atoms with Crippen LogP contribution in [0.4, 0.5) is 5.69 Å². The Morgan fingerprint density at radius 1 is 1.25 bits per heavy atom. The third-order valence-electron chi connectivity index (χ3n) is 3.72. The van der Waals surface area contributed by atoms with Crippen LogP contribution in [0.2, 0.25) is 0 Å². The Bertz CT molecular complexity index is 520. The van der Waals surface area contributed by atoms with Crippen LogP contribution in [0.1, 0.15) is 25.3 Å². The van der Waals surface area contributed by atoms with Crippen molar-refractivity contribution in [2.24, 2.45) is 11.7 Å². The molecule has 112 valence electrons. The first kappa shape index (κ1) is 15.3. The molecule has 1 aliphatic rings. The lowest BCUT2D eigenvalue weighted by Gasteiger charge is -2.29. The number of anilines is 1. The molecule has 6 heteroatoms. The van der Waals surface area contributed by atoms with E-state index in [4.69, 9.17) is 5.73 Å². The third-order valence-corrected chi connectivity index (χ3v) is 5.25. The average Bonchev–Trinajstić information content (AvgIpc) is 2.41. The molecule has 2 rings (SSSR count). The van der Waals surface area contributed by atoms with Crippen molar-refractivity contribution in [1.29, 1.82) is 0 Å². The Hall–Kier alpha value is -1.11. The summed E-state index contributed by atoms with van der Waals surface area (Å²) >= 11 is 0. The quantitative estimate of drug-likeness (QED) is 0.866. The Kier molecular flexibility index (Phi) is 5.01. The van der Waals surface area contributed by atoms with Gasteiger partial charge in [-0.2, -0.15) is 12.7 Å². The topological polar surface area (TPSA) is 75.4 Å². The second kappa shape index (κ2) is 6.56. The van der Waals surface area contributed by atoms with Crippen molar-refractivity contribution in [1.82, 2.24) is 4.31 Å². The van der Waals surface area contributed by atoms with Crippen LogP contribution in [-0.2, 0) is 16.6 Å². The van der Waals surface area contributed by atoms with E-state index < -0.39 is 10.2 Å². The van der Waals surface area contributed by atoms with E-state index in [1.54, 1.807) is 12.1 Å². The maximum atomic E-state index is 12.3. The number of nitrogens with two attached hydrogens (primary N) is 1.